The van der Waals surface area contributed by atoms with Crippen molar-refractivity contribution in [3.63, 3.8) is 0 Å². The normalized spacial score (nSPS) is 9.52. The van der Waals surface area contributed by atoms with Gasteiger partial charge in [0.1, 0.15) is 6.29 Å². The molecule has 0 atom stereocenters. The van der Waals surface area contributed by atoms with Crippen molar-refractivity contribution in [3.8, 4) is 0 Å². The first-order valence-corrected chi connectivity index (χ1v) is 8.56. The molecule has 0 aromatic heterocycles. The summed E-state index contributed by atoms with van der Waals surface area (Å²) in [6.07, 6.45) is 1.99. The summed E-state index contributed by atoms with van der Waals surface area (Å²) in [5.74, 6) is 1.08. The average Bonchev–Trinajstić information content (AvgIpc) is 2.61. The van der Waals surface area contributed by atoms with E-state index in [4.69, 9.17) is 0 Å². The Hall–Kier alpha value is -2.07. The summed E-state index contributed by atoms with van der Waals surface area (Å²) < 4.78 is 0. The number of carbonyl (C=O) groups excluding carboxylic acids is 2. The first-order valence-electron chi connectivity index (χ1n) is 7.57. The highest BCUT2D eigenvalue weighted by Crippen LogP contribution is 2.18. The minimum absolute atomic E-state index is 0.146. The average molecular weight is 329 g/mol. The summed E-state index contributed by atoms with van der Waals surface area (Å²) >= 11 is 1.93. The van der Waals surface area contributed by atoms with Crippen LogP contribution in [0.2, 0.25) is 0 Å². The van der Waals surface area contributed by atoms with E-state index in [1.165, 1.54) is 22.6 Å². The lowest BCUT2D eigenvalue weighted by molar-refractivity contribution is 0.0962. The molecule has 3 nitrogen and oxygen atoms in total. The number of nitrogens with one attached hydrogen (secondary N) is 1. The van der Waals surface area contributed by atoms with E-state index in [1.54, 1.807) is 31.3 Å². The third-order valence-electron chi connectivity index (χ3n) is 3.03. The predicted molar refractivity (Wildman–Crippen MR) is 97.4 cm³/mol. The van der Waals surface area contributed by atoms with Crippen LogP contribution >= 0.6 is 11.8 Å². The van der Waals surface area contributed by atoms with Crippen molar-refractivity contribution in [1.29, 1.82) is 0 Å². The Labute approximate surface area is 142 Å². The van der Waals surface area contributed by atoms with Gasteiger partial charge in [-0.05, 0) is 43.4 Å². The van der Waals surface area contributed by atoms with Gasteiger partial charge in [-0.1, -0.05) is 36.8 Å². The van der Waals surface area contributed by atoms with Gasteiger partial charge in [-0.15, -0.1) is 11.8 Å². The molecular weight excluding hydrogens is 306 g/mol. The smallest absolute Gasteiger partial charge is 0.251 e. The predicted octanol–water partition coefficient (Wildman–Crippen LogP) is 4.36. The van der Waals surface area contributed by atoms with E-state index in [0.29, 0.717) is 11.1 Å². The second kappa shape index (κ2) is 10.6. The second-order valence-electron chi connectivity index (χ2n) is 4.98. The Balaban J connectivity index is 0.000000231. The van der Waals surface area contributed by atoms with Gasteiger partial charge < -0.3 is 5.32 Å². The van der Waals surface area contributed by atoms with Crippen molar-refractivity contribution in [2.24, 2.45) is 0 Å². The molecule has 0 heterocycles. The van der Waals surface area contributed by atoms with Gasteiger partial charge in [-0.25, -0.2) is 0 Å². The second-order valence-corrected chi connectivity index (χ2v) is 6.15. The SMILES string of the molecule is CCCSc1ccc(C)cc1.CNC(=O)c1ccc(C=O)cc1. The molecule has 122 valence electrons. The molecular formula is C19H23NO2S. The van der Waals surface area contributed by atoms with Gasteiger partial charge >= 0.3 is 0 Å². The molecule has 2 aromatic rings. The van der Waals surface area contributed by atoms with Crippen LogP contribution in [0.1, 0.15) is 39.6 Å². The third kappa shape index (κ3) is 7.15. The minimum atomic E-state index is -0.146. The van der Waals surface area contributed by atoms with Crippen molar-refractivity contribution in [2.45, 2.75) is 25.2 Å². The highest BCUT2D eigenvalue weighted by atomic mass is 32.2. The van der Waals surface area contributed by atoms with Gasteiger partial charge in [-0.3, -0.25) is 9.59 Å². The number of rotatable bonds is 5. The maximum Gasteiger partial charge on any atom is 0.251 e. The largest absolute Gasteiger partial charge is 0.355 e. The maximum absolute atomic E-state index is 11.0. The number of hydrogen-bond donors (Lipinski definition) is 1. The topological polar surface area (TPSA) is 46.2 Å². The molecule has 0 bridgehead atoms. The van der Waals surface area contributed by atoms with E-state index in [1.807, 2.05) is 11.8 Å². The number of aldehydes is 1. The first-order chi connectivity index (χ1) is 11.1. The zero-order chi connectivity index (χ0) is 17.1. The highest BCUT2D eigenvalue weighted by molar-refractivity contribution is 7.99. The molecule has 0 saturated heterocycles. The molecule has 0 aliphatic heterocycles. The van der Waals surface area contributed by atoms with Crippen molar-refractivity contribution in [2.75, 3.05) is 12.8 Å². The fourth-order valence-corrected chi connectivity index (χ4v) is 2.48. The fraction of sp³-hybridized carbons (Fsp3) is 0.263. The summed E-state index contributed by atoms with van der Waals surface area (Å²) in [5.41, 5.74) is 2.47. The highest BCUT2D eigenvalue weighted by Gasteiger charge is 2.00. The lowest BCUT2D eigenvalue weighted by Crippen LogP contribution is -2.17. The molecule has 0 fully saturated rings. The zero-order valence-corrected chi connectivity index (χ0v) is 14.7. The molecule has 2 aromatic carbocycles. The quantitative estimate of drug-likeness (QED) is 0.655. The standard InChI is InChI=1S/C10H14S.C9H9NO2/c1-3-8-11-10-6-4-9(2)5-7-10;1-10-9(12)8-4-2-7(6-11)3-5-8/h4-7H,3,8H2,1-2H3;2-6H,1H3,(H,10,12). The molecule has 0 radical (unpaired) electrons. The molecule has 1 amide bonds. The lowest BCUT2D eigenvalue weighted by Gasteiger charge is -1.98. The van der Waals surface area contributed by atoms with Crippen LogP contribution in [0.4, 0.5) is 0 Å². The summed E-state index contributed by atoms with van der Waals surface area (Å²) in [6.45, 7) is 4.33. The van der Waals surface area contributed by atoms with Crippen molar-refractivity contribution >= 4 is 24.0 Å². The van der Waals surface area contributed by atoms with Crippen molar-refractivity contribution in [1.82, 2.24) is 5.32 Å². The van der Waals surface area contributed by atoms with Gasteiger partial charge in [0.2, 0.25) is 0 Å². The Morgan fingerprint density at radius 2 is 1.70 bits per heavy atom. The molecule has 4 heteroatoms. The number of carbonyl (C=O) groups is 2. The van der Waals surface area contributed by atoms with Crippen molar-refractivity contribution < 1.29 is 9.59 Å². The van der Waals surface area contributed by atoms with Gasteiger partial charge in [0.05, 0.1) is 0 Å². The van der Waals surface area contributed by atoms with Crippen LogP contribution in [0, 0.1) is 6.92 Å². The lowest BCUT2D eigenvalue weighted by atomic mass is 10.1. The van der Waals surface area contributed by atoms with Gasteiger partial charge in [0.15, 0.2) is 0 Å². The van der Waals surface area contributed by atoms with E-state index in [-0.39, 0.29) is 5.91 Å². The third-order valence-corrected chi connectivity index (χ3v) is 4.25. The number of hydrogen-bond acceptors (Lipinski definition) is 3. The fourth-order valence-electron chi connectivity index (χ4n) is 1.71. The Morgan fingerprint density at radius 3 is 2.17 bits per heavy atom. The zero-order valence-electron chi connectivity index (χ0n) is 13.8. The Kier molecular flexibility index (Phi) is 8.76. The van der Waals surface area contributed by atoms with E-state index in [2.05, 4.69) is 43.4 Å². The summed E-state index contributed by atoms with van der Waals surface area (Å²) in [7, 11) is 1.57. The van der Waals surface area contributed by atoms with Gasteiger partial charge in [0, 0.05) is 23.1 Å². The molecule has 2 rings (SSSR count). The van der Waals surface area contributed by atoms with Gasteiger partial charge in [0.25, 0.3) is 5.91 Å². The number of amides is 1. The van der Waals surface area contributed by atoms with E-state index >= 15 is 0 Å². The molecule has 0 aliphatic rings. The maximum atomic E-state index is 11.0. The molecule has 0 saturated carbocycles. The summed E-state index contributed by atoms with van der Waals surface area (Å²) in [4.78, 5) is 22.7. The molecule has 23 heavy (non-hydrogen) atoms. The van der Waals surface area contributed by atoms with Crippen LogP contribution in [0.5, 0.6) is 0 Å². The molecule has 1 N–H and O–H groups in total. The molecule has 0 aliphatic carbocycles. The number of benzene rings is 2. The summed E-state index contributed by atoms with van der Waals surface area (Å²) in [5, 5.41) is 2.49. The van der Waals surface area contributed by atoms with Crippen molar-refractivity contribution in [3.05, 3.63) is 65.2 Å². The minimum Gasteiger partial charge on any atom is -0.355 e. The monoisotopic (exact) mass is 329 g/mol. The number of aryl methyl sites for hydroxylation is 1. The van der Waals surface area contributed by atoms with Crippen LogP contribution < -0.4 is 5.32 Å². The number of thioether (sulfide) groups is 1. The molecule has 0 spiro atoms. The first kappa shape index (κ1) is 19.0. The van der Waals surface area contributed by atoms with Crippen LogP contribution in [0.25, 0.3) is 0 Å². The van der Waals surface area contributed by atoms with Crippen LogP contribution in [0.3, 0.4) is 0 Å². The van der Waals surface area contributed by atoms with Gasteiger partial charge in [-0.2, -0.15) is 0 Å². The van der Waals surface area contributed by atoms with E-state index < -0.39 is 0 Å². The Morgan fingerprint density at radius 1 is 1.09 bits per heavy atom. The Bertz CT molecular complexity index is 606. The van der Waals surface area contributed by atoms with E-state index in [0.717, 1.165) is 6.29 Å². The van der Waals surface area contributed by atoms with E-state index in [9.17, 15) is 9.59 Å². The molecule has 0 unspecified atom stereocenters. The summed E-state index contributed by atoms with van der Waals surface area (Å²) in [6, 6.07) is 15.2. The van der Waals surface area contributed by atoms with Crippen LogP contribution in [0.15, 0.2) is 53.4 Å². The van der Waals surface area contributed by atoms with Crippen LogP contribution in [-0.4, -0.2) is 25.0 Å². The van der Waals surface area contributed by atoms with Crippen LogP contribution in [-0.2, 0) is 0 Å².